The van der Waals surface area contributed by atoms with E-state index in [0.29, 0.717) is 26.0 Å². The van der Waals surface area contributed by atoms with E-state index in [9.17, 15) is 9.59 Å². The largest absolute Gasteiger partial charge is 0.367 e. The van der Waals surface area contributed by atoms with Crippen molar-refractivity contribution in [2.75, 3.05) is 19.7 Å². The zero-order chi connectivity index (χ0) is 21.1. The molecule has 0 aromatic heterocycles. The maximum absolute atomic E-state index is 12.7. The highest BCUT2D eigenvalue weighted by atomic mass is 16.5. The molecule has 1 fully saturated rings. The van der Waals surface area contributed by atoms with Gasteiger partial charge in [0.1, 0.15) is 0 Å². The molecule has 2 amide bonds. The zero-order valence-corrected chi connectivity index (χ0v) is 17.5. The summed E-state index contributed by atoms with van der Waals surface area (Å²) < 4.78 is 5.92. The van der Waals surface area contributed by atoms with Crippen LogP contribution < -0.4 is 5.73 Å². The van der Waals surface area contributed by atoms with Crippen LogP contribution in [-0.4, -0.2) is 42.0 Å². The molecule has 1 atom stereocenters. The van der Waals surface area contributed by atoms with Crippen molar-refractivity contribution in [3.63, 3.8) is 0 Å². The molecule has 0 saturated carbocycles. The lowest BCUT2D eigenvalue weighted by molar-refractivity contribution is -0.164. The molecule has 29 heavy (non-hydrogen) atoms. The van der Waals surface area contributed by atoms with E-state index in [4.69, 9.17) is 10.5 Å². The number of carbonyl (C=O) groups excluding carboxylic acids is 2. The molecule has 1 aliphatic rings. The van der Waals surface area contributed by atoms with Crippen LogP contribution in [0.1, 0.15) is 32.8 Å². The van der Waals surface area contributed by atoms with Gasteiger partial charge in [0.2, 0.25) is 5.91 Å². The Hall–Kier alpha value is -2.66. The quantitative estimate of drug-likeness (QED) is 0.845. The minimum atomic E-state index is -1.21. The third-order valence-electron chi connectivity index (χ3n) is 5.19. The summed E-state index contributed by atoms with van der Waals surface area (Å²) in [5, 5.41) is 0. The van der Waals surface area contributed by atoms with Crippen molar-refractivity contribution >= 4 is 11.8 Å². The SMILES string of the molecule is CC(C)(C)CC(=O)N1CCO[C@](Cc2cccc(-c3ccccc3)c2)(C(N)=O)C1. The summed E-state index contributed by atoms with van der Waals surface area (Å²) >= 11 is 0. The van der Waals surface area contributed by atoms with Crippen LogP contribution in [-0.2, 0) is 20.7 Å². The minimum absolute atomic E-state index is 0.0319. The molecule has 2 aromatic rings. The Labute approximate surface area is 172 Å². The summed E-state index contributed by atoms with van der Waals surface area (Å²) in [5.74, 6) is -0.500. The van der Waals surface area contributed by atoms with Crippen LogP contribution in [0.2, 0.25) is 0 Å². The Morgan fingerprint density at radius 3 is 2.41 bits per heavy atom. The number of nitrogens with zero attached hydrogens (tertiary/aromatic N) is 1. The number of primary amides is 1. The molecular formula is C24H30N2O3. The lowest BCUT2D eigenvalue weighted by Crippen LogP contribution is -2.61. The van der Waals surface area contributed by atoms with Gasteiger partial charge in [0.25, 0.3) is 5.91 Å². The molecule has 1 aliphatic heterocycles. The first-order valence-corrected chi connectivity index (χ1v) is 10.0. The van der Waals surface area contributed by atoms with Crippen molar-refractivity contribution in [1.29, 1.82) is 0 Å². The van der Waals surface area contributed by atoms with Crippen molar-refractivity contribution in [2.45, 2.75) is 39.2 Å². The first kappa shape index (κ1) is 21.1. The topological polar surface area (TPSA) is 72.6 Å². The second-order valence-electron chi connectivity index (χ2n) is 9.00. The molecule has 2 N–H and O–H groups in total. The van der Waals surface area contributed by atoms with Crippen molar-refractivity contribution in [1.82, 2.24) is 4.90 Å². The van der Waals surface area contributed by atoms with Gasteiger partial charge in [-0.15, -0.1) is 0 Å². The smallest absolute Gasteiger partial charge is 0.251 e. The van der Waals surface area contributed by atoms with Gasteiger partial charge in [-0.05, 0) is 22.1 Å². The van der Waals surface area contributed by atoms with Crippen LogP contribution in [0, 0.1) is 5.41 Å². The fourth-order valence-corrected chi connectivity index (χ4v) is 3.73. The van der Waals surface area contributed by atoms with E-state index in [1.165, 1.54) is 0 Å². The van der Waals surface area contributed by atoms with E-state index in [2.05, 4.69) is 6.07 Å². The second-order valence-corrected chi connectivity index (χ2v) is 9.00. The Balaban J connectivity index is 1.83. The maximum atomic E-state index is 12.7. The average molecular weight is 395 g/mol. The van der Waals surface area contributed by atoms with E-state index in [-0.39, 0.29) is 17.9 Å². The Bertz CT molecular complexity index is 873. The molecule has 0 spiro atoms. The first-order chi connectivity index (χ1) is 13.7. The maximum Gasteiger partial charge on any atom is 0.251 e. The monoisotopic (exact) mass is 394 g/mol. The van der Waals surface area contributed by atoms with E-state index in [1.54, 1.807) is 4.90 Å². The van der Waals surface area contributed by atoms with Crippen molar-refractivity contribution in [3.8, 4) is 11.1 Å². The van der Waals surface area contributed by atoms with Gasteiger partial charge in [0.05, 0.1) is 13.2 Å². The Kier molecular flexibility index (Phi) is 6.08. The lowest BCUT2D eigenvalue weighted by Gasteiger charge is -2.41. The van der Waals surface area contributed by atoms with E-state index in [0.717, 1.165) is 16.7 Å². The van der Waals surface area contributed by atoms with Crippen LogP contribution in [0.3, 0.4) is 0 Å². The van der Waals surface area contributed by atoms with E-state index >= 15 is 0 Å². The van der Waals surface area contributed by atoms with Crippen LogP contribution >= 0.6 is 0 Å². The summed E-state index contributed by atoms with van der Waals surface area (Å²) in [4.78, 5) is 26.9. The minimum Gasteiger partial charge on any atom is -0.367 e. The Morgan fingerprint density at radius 2 is 1.76 bits per heavy atom. The molecule has 5 nitrogen and oxygen atoms in total. The molecule has 0 bridgehead atoms. The highest BCUT2D eigenvalue weighted by Gasteiger charge is 2.44. The molecule has 5 heteroatoms. The third-order valence-corrected chi connectivity index (χ3v) is 5.19. The molecule has 1 heterocycles. The fourth-order valence-electron chi connectivity index (χ4n) is 3.73. The lowest BCUT2D eigenvalue weighted by atomic mass is 9.88. The molecule has 2 aromatic carbocycles. The van der Waals surface area contributed by atoms with E-state index in [1.807, 2.05) is 69.3 Å². The number of hydrogen-bond acceptors (Lipinski definition) is 3. The highest BCUT2D eigenvalue weighted by Crippen LogP contribution is 2.28. The third kappa shape index (κ3) is 5.24. The van der Waals surface area contributed by atoms with Crippen LogP contribution in [0.4, 0.5) is 0 Å². The highest BCUT2D eigenvalue weighted by molar-refractivity contribution is 5.86. The van der Waals surface area contributed by atoms with Gasteiger partial charge in [0.15, 0.2) is 5.60 Å². The zero-order valence-electron chi connectivity index (χ0n) is 17.5. The number of hydrogen-bond donors (Lipinski definition) is 1. The number of carbonyl (C=O) groups is 2. The van der Waals surface area contributed by atoms with Crippen molar-refractivity contribution < 1.29 is 14.3 Å². The average Bonchev–Trinajstić information content (AvgIpc) is 2.68. The normalized spacial score (nSPS) is 19.8. The molecule has 0 unspecified atom stereocenters. The van der Waals surface area contributed by atoms with Gasteiger partial charge in [-0.2, -0.15) is 0 Å². The summed E-state index contributed by atoms with van der Waals surface area (Å²) in [6.45, 7) is 7.06. The van der Waals surface area contributed by atoms with Gasteiger partial charge in [-0.3, -0.25) is 9.59 Å². The summed E-state index contributed by atoms with van der Waals surface area (Å²) in [6.07, 6.45) is 0.758. The van der Waals surface area contributed by atoms with Crippen molar-refractivity contribution in [3.05, 3.63) is 60.2 Å². The molecule has 154 valence electrons. The summed E-state index contributed by atoms with van der Waals surface area (Å²) in [6, 6.07) is 18.1. The van der Waals surface area contributed by atoms with Crippen LogP contribution in [0.5, 0.6) is 0 Å². The molecule has 1 saturated heterocycles. The predicted molar refractivity (Wildman–Crippen MR) is 114 cm³/mol. The van der Waals surface area contributed by atoms with Gasteiger partial charge < -0.3 is 15.4 Å². The number of morpholine rings is 1. The van der Waals surface area contributed by atoms with Crippen molar-refractivity contribution in [2.24, 2.45) is 11.1 Å². The molecule has 0 radical (unpaired) electrons. The fraction of sp³-hybridized carbons (Fsp3) is 0.417. The number of nitrogens with two attached hydrogens (primary N) is 1. The number of amides is 2. The number of benzene rings is 2. The molecule has 3 rings (SSSR count). The summed E-state index contributed by atoms with van der Waals surface area (Å²) in [7, 11) is 0. The Morgan fingerprint density at radius 1 is 1.07 bits per heavy atom. The second kappa shape index (κ2) is 8.37. The van der Waals surface area contributed by atoms with Gasteiger partial charge in [-0.25, -0.2) is 0 Å². The first-order valence-electron chi connectivity index (χ1n) is 10.0. The van der Waals surface area contributed by atoms with E-state index < -0.39 is 11.5 Å². The predicted octanol–water partition coefficient (Wildman–Crippen LogP) is 3.42. The molecular weight excluding hydrogens is 364 g/mol. The van der Waals surface area contributed by atoms with Gasteiger partial charge in [0, 0.05) is 19.4 Å². The molecule has 0 aliphatic carbocycles. The summed E-state index contributed by atoms with van der Waals surface area (Å²) in [5.41, 5.74) is 7.59. The van der Waals surface area contributed by atoms with Gasteiger partial charge in [-0.1, -0.05) is 75.4 Å². The van der Waals surface area contributed by atoms with Crippen LogP contribution in [0.15, 0.2) is 54.6 Å². The number of rotatable bonds is 5. The number of ether oxygens (including phenoxy) is 1. The van der Waals surface area contributed by atoms with Crippen LogP contribution in [0.25, 0.3) is 11.1 Å². The standard InChI is InChI=1S/C24H30N2O3/c1-23(2,3)16-21(27)26-12-13-29-24(17-26,22(25)28)15-18-8-7-11-20(14-18)19-9-5-4-6-10-19/h4-11,14H,12-13,15-17H2,1-3H3,(H2,25,28)/t24-/m0/s1. The van der Waals surface area contributed by atoms with Gasteiger partial charge >= 0.3 is 0 Å².